The van der Waals surface area contributed by atoms with Gasteiger partial charge in [-0.15, -0.1) is 0 Å². The molecule has 98 valence electrons. The Bertz CT molecular complexity index is 603. The Morgan fingerprint density at radius 1 is 1.37 bits per heavy atom. The van der Waals surface area contributed by atoms with Crippen molar-refractivity contribution in [2.45, 2.75) is 18.9 Å². The molecule has 1 aliphatic carbocycles. The minimum atomic E-state index is 0.234. The Morgan fingerprint density at radius 3 is 3.05 bits per heavy atom. The zero-order valence-electron chi connectivity index (χ0n) is 10.6. The van der Waals surface area contributed by atoms with Crippen molar-refractivity contribution < 1.29 is 4.74 Å². The second-order valence-electron chi connectivity index (χ2n) is 4.49. The van der Waals surface area contributed by atoms with Crippen LogP contribution in [-0.4, -0.2) is 17.1 Å². The smallest absolute Gasteiger partial charge is 0.149 e. The molecule has 2 aromatic rings. The van der Waals surface area contributed by atoms with E-state index in [2.05, 4.69) is 21.4 Å². The normalized spacial score (nSPS) is 17.1. The quantitative estimate of drug-likeness (QED) is 0.934. The third-order valence-corrected chi connectivity index (χ3v) is 3.56. The van der Waals surface area contributed by atoms with Crippen molar-refractivity contribution in [2.24, 2.45) is 0 Å². The van der Waals surface area contributed by atoms with Gasteiger partial charge >= 0.3 is 0 Å². The van der Waals surface area contributed by atoms with Crippen LogP contribution in [0.15, 0.2) is 30.6 Å². The minimum absolute atomic E-state index is 0.234. The van der Waals surface area contributed by atoms with Gasteiger partial charge in [0.05, 0.1) is 25.5 Å². The molecule has 0 saturated carbocycles. The lowest BCUT2D eigenvalue weighted by Gasteiger charge is -2.15. The lowest BCUT2D eigenvalue weighted by Crippen LogP contribution is -2.08. The summed E-state index contributed by atoms with van der Waals surface area (Å²) in [5.74, 6) is 1.66. The second-order valence-corrected chi connectivity index (χ2v) is 4.88. The number of fused-ring (bicyclic) bond motifs is 1. The summed E-state index contributed by atoms with van der Waals surface area (Å²) in [4.78, 5) is 8.25. The SMILES string of the molecule is COc1cccc2c1CCC2Nc1cncc(Cl)n1. The van der Waals surface area contributed by atoms with Crippen LogP contribution in [0.25, 0.3) is 0 Å². The van der Waals surface area contributed by atoms with E-state index in [1.165, 1.54) is 17.3 Å². The largest absolute Gasteiger partial charge is 0.496 e. The first-order valence-corrected chi connectivity index (χ1v) is 6.55. The van der Waals surface area contributed by atoms with Crippen molar-refractivity contribution in [3.63, 3.8) is 0 Å². The van der Waals surface area contributed by atoms with Crippen LogP contribution >= 0.6 is 11.6 Å². The van der Waals surface area contributed by atoms with Gasteiger partial charge in [-0.1, -0.05) is 23.7 Å². The van der Waals surface area contributed by atoms with Crippen molar-refractivity contribution in [3.8, 4) is 5.75 Å². The minimum Gasteiger partial charge on any atom is -0.496 e. The van der Waals surface area contributed by atoms with Gasteiger partial charge in [-0.2, -0.15) is 0 Å². The molecule has 0 fully saturated rings. The van der Waals surface area contributed by atoms with Crippen LogP contribution in [-0.2, 0) is 6.42 Å². The molecule has 1 aliphatic rings. The van der Waals surface area contributed by atoms with Crippen LogP contribution in [0.1, 0.15) is 23.6 Å². The molecule has 1 aromatic carbocycles. The van der Waals surface area contributed by atoms with E-state index < -0.39 is 0 Å². The van der Waals surface area contributed by atoms with E-state index in [1.54, 1.807) is 13.3 Å². The summed E-state index contributed by atoms with van der Waals surface area (Å²) in [5, 5.41) is 3.77. The Morgan fingerprint density at radius 2 is 2.26 bits per heavy atom. The first-order chi connectivity index (χ1) is 9.28. The van der Waals surface area contributed by atoms with Crippen molar-refractivity contribution in [1.82, 2.24) is 9.97 Å². The summed E-state index contributed by atoms with van der Waals surface area (Å²) in [6, 6.07) is 6.38. The fourth-order valence-corrected chi connectivity index (χ4v) is 2.70. The standard InChI is InChI=1S/C14H14ClN3O/c1-19-12-4-2-3-9-10(12)5-6-11(9)17-14-8-16-7-13(15)18-14/h2-4,7-8,11H,5-6H2,1H3,(H,17,18). The molecule has 0 amide bonds. The predicted octanol–water partition coefficient (Wildman–Crippen LogP) is 3.24. The molecule has 1 N–H and O–H groups in total. The summed E-state index contributed by atoms with van der Waals surface area (Å²) in [5.41, 5.74) is 2.54. The molecule has 1 aromatic heterocycles. The van der Waals surface area contributed by atoms with Gasteiger partial charge in [-0.3, -0.25) is 4.98 Å². The first-order valence-electron chi connectivity index (χ1n) is 6.18. The van der Waals surface area contributed by atoms with E-state index in [0.29, 0.717) is 11.0 Å². The van der Waals surface area contributed by atoms with Gasteiger partial charge in [-0.05, 0) is 30.0 Å². The predicted molar refractivity (Wildman–Crippen MR) is 74.7 cm³/mol. The molecule has 0 spiro atoms. The average Bonchev–Trinajstić information content (AvgIpc) is 2.82. The van der Waals surface area contributed by atoms with Crippen LogP contribution in [0.4, 0.5) is 5.82 Å². The van der Waals surface area contributed by atoms with Crippen molar-refractivity contribution in [3.05, 3.63) is 46.9 Å². The number of aromatic nitrogens is 2. The van der Waals surface area contributed by atoms with Gasteiger partial charge in [0.1, 0.15) is 16.7 Å². The average molecular weight is 276 g/mol. The van der Waals surface area contributed by atoms with Gasteiger partial charge in [-0.25, -0.2) is 4.98 Å². The highest BCUT2D eigenvalue weighted by atomic mass is 35.5. The molecule has 5 heteroatoms. The molecule has 0 aliphatic heterocycles. The number of nitrogens with zero attached hydrogens (tertiary/aromatic N) is 2. The number of hydrogen-bond acceptors (Lipinski definition) is 4. The Hall–Kier alpha value is -1.81. The van der Waals surface area contributed by atoms with E-state index in [4.69, 9.17) is 16.3 Å². The van der Waals surface area contributed by atoms with Gasteiger partial charge < -0.3 is 10.1 Å². The van der Waals surface area contributed by atoms with Gasteiger partial charge in [0.25, 0.3) is 0 Å². The van der Waals surface area contributed by atoms with E-state index in [0.717, 1.165) is 18.6 Å². The lowest BCUT2D eigenvalue weighted by molar-refractivity contribution is 0.410. The maximum Gasteiger partial charge on any atom is 0.149 e. The number of hydrogen-bond donors (Lipinski definition) is 1. The fourth-order valence-electron chi connectivity index (χ4n) is 2.55. The van der Waals surface area contributed by atoms with E-state index >= 15 is 0 Å². The topological polar surface area (TPSA) is 47.0 Å². The molecule has 0 saturated heterocycles. The van der Waals surface area contributed by atoms with E-state index in [-0.39, 0.29) is 6.04 Å². The molecule has 0 bridgehead atoms. The number of halogens is 1. The molecule has 1 heterocycles. The van der Waals surface area contributed by atoms with Crippen LogP contribution in [0.3, 0.4) is 0 Å². The maximum atomic E-state index is 5.84. The number of rotatable bonds is 3. The molecular formula is C14H14ClN3O. The Balaban J connectivity index is 1.87. The van der Waals surface area contributed by atoms with Crippen LogP contribution in [0, 0.1) is 0 Å². The number of ether oxygens (including phenoxy) is 1. The number of methoxy groups -OCH3 is 1. The van der Waals surface area contributed by atoms with Crippen molar-refractivity contribution in [1.29, 1.82) is 0 Å². The summed E-state index contributed by atoms with van der Waals surface area (Å²) in [6.45, 7) is 0. The molecule has 0 radical (unpaired) electrons. The third-order valence-electron chi connectivity index (χ3n) is 3.37. The van der Waals surface area contributed by atoms with Gasteiger partial charge in [0.2, 0.25) is 0 Å². The van der Waals surface area contributed by atoms with E-state index in [9.17, 15) is 0 Å². The van der Waals surface area contributed by atoms with Crippen molar-refractivity contribution >= 4 is 17.4 Å². The van der Waals surface area contributed by atoms with Crippen LogP contribution in [0.2, 0.25) is 5.15 Å². The second kappa shape index (κ2) is 5.05. The Labute approximate surface area is 116 Å². The van der Waals surface area contributed by atoms with Crippen LogP contribution in [0.5, 0.6) is 5.75 Å². The molecule has 3 rings (SSSR count). The summed E-state index contributed by atoms with van der Waals surface area (Å²) < 4.78 is 5.40. The zero-order valence-corrected chi connectivity index (χ0v) is 11.3. The molecular weight excluding hydrogens is 262 g/mol. The van der Waals surface area contributed by atoms with Crippen molar-refractivity contribution in [2.75, 3.05) is 12.4 Å². The molecule has 1 atom stereocenters. The third kappa shape index (κ3) is 2.36. The number of anilines is 1. The molecule has 4 nitrogen and oxygen atoms in total. The lowest BCUT2D eigenvalue weighted by atomic mass is 10.1. The zero-order chi connectivity index (χ0) is 13.2. The van der Waals surface area contributed by atoms with Gasteiger partial charge in [0, 0.05) is 0 Å². The fraction of sp³-hybridized carbons (Fsp3) is 0.286. The summed E-state index contributed by atoms with van der Waals surface area (Å²) in [7, 11) is 1.71. The van der Waals surface area contributed by atoms with E-state index in [1.807, 2.05) is 12.1 Å². The first kappa shape index (κ1) is 12.2. The highest BCUT2D eigenvalue weighted by Gasteiger charge is 2.25. The number of nitrogens with one attached hydrogen (secondary N) is 1. The molecule has 1 unspecified atom stereocenters. The monoisotopic (exact) mass is 275 g/mol. The summed E-state index contributed by atoms with van der Waals surface area (Å²) >= 11 is 5.84. The molecule has 19 heavy (non-hydrogen) atoms. The highest BCUT2D eigenvalue weighted by molar-refractivity contribution is 6.29. The van der Waals surface area contributed by atoms with Crippen LogP contribution < -0.4 is 10.1 Å². The summed E-state index contributed by atoms with van der Waals surface area (Å²) in [6.07, 6.45) is 5.23. The Kier molecular flexibility index (Phi) is 3.25. The maximum absolute atomic E-state index is 5.84. The van der Waals surface area contributed by atoms with Gasteiger partial charge in [0.15, 0.2) is 0 Å². The number of benzene rings is 1. The highest BCUT2D eigenvalue weighted by Crippen LogP contribution is 2.38.